The van der Waals surface area contributed by atoms with Crippen molar-refractivity contribution in [2.75, 3.05) is 25.5 Å². The molecule has 5 nitrogen and oxygen atoms in total. The van der Waals surface area contributed by atoms with Crippen LogP contribution in [-0.2, 0) is 6.54 Å². The van der Waals surface area contributed by atoms with Gasteiger partial charge in [0, 0.05) is 30.3 Å². The fourth-order valence-corrected chi connectivity index (χ4v) is 3.10. The van der Waals surface area contributed by atoms with Crippen molar-refractivity contribution < 1.29 is 9.53 Å². The van der Waals surface area contributed by atoms with E-state index in [4.69, 9.17) is 16.3 Å². The lowest BCUT2D eigenvalue weighted by Gasteiger charge is -2.29. The van der Waals surface area contributed by atoms with Crippen molar-refractivity contribution in [3.63, 3.8) is 0 Å². The van der Waals surface area contributed by atoms with E-state index in [1.54, 1.807) is 24.3 Å². The molecule has 0 saturated carbocycles. The number of benzene rings is 2. The maximum absolute atomic E-state index is 12.0. The average Bonchev–Trinajstić information content (AvgIpc) is 2.63. The molecular formula is C20H24ClN3O2. The molecule has 0 bridgehead atoms. The predicted octanol–water partition coefficient (Wildman–Crippen LogP) is 4.13. The Hall–Kier alpha value is -2.24. The van der Waals surface area contributed by atoms with Gasteiger partial charge in [0.1, 0.15) is 11.9 Å². The maximum atomic E-state index is 12.0. The highest BCUT2D eigenvalue weighted by Crippen LogP contribution is 2.19. The molecule has 0 spiro atoms. The number of hydrogen-bond acceptors (Lipinski definition) is 3. The summed E-state index contributed by atoms with van der Waals surface area (Å²) in [4.78, 5) is 14.3. The molecule has 2 N–H and O–H groups in total. The lowest BCUT2D eigenvalue weighted by molar-refractivity contribution is 0.114. The number of ether oxygens (including phenoxy) is 1. The molecule has 0 aliphatic carbocycles. The van der Waals surface area contributed by atoms with E-state index in [2.05, 4.69) is 22.6 Å². The Labute approximate surface area is 159 Å². The van der Waals surface area contributed by atoms with Gasteiger partial charge in [-0.25, -0.2) is 4.79 Å². The lowest BCUT2D eigenvalue weighted by Crippen LogP contribution is -2.35. The molecule has 2 amide bonds. The van der Waals surface area contributed by atoms with E-state index in [1.807, 2.05) is 24.3 Å². The van der Waals surface area contributed by atoms with Crippen LogP contribution in [0.3, 0.4) is 0 Å². The zero-order valence-electron chi connectivity index (χ0n) is 14.9. The first-order valence-corrected chi connectivity index (χ1v) is 9.21. The third kappa shape index (κ3) is 5.64. The number of rotatable bonds is 5. The standard InChI is InChI=1S/C20H24ClN3O2/c1-24-11-9-19(10-12-24)26-18-7-5-15(6-8-18)14-22-20(25)23-17-4-2-3-16(21)13-17/h2-8,13,19H,9-12,14H2,1H3,(H2,22,23,25). The monoisotopic (exact) mass is 373 g/mol. The topological polar surface area (TPSA) is 53.6 Å². The normalized spacial score (nSPS) is 15.5. The van der Waals surface area contributed by atoms with Crippen LogP contribution < -0.4 is 15.4 Å². The minimum absolute atomic E-state index is 0.265. The summed E-state index contributed by atoms with van der Waals surface area (Å²) in [5.41, 5.74) is 1.68. The number of urea groups is 1. The number of hydrogen-bond donors (Lipinski definition) is 2. The van der Waals surface area contributed by atoms with Gasteiger partial charge in [0.2, 0.25) is 0 Å². The molecule has 0 aromatic heterocycles. The van der Waals surface area contributed by atoms with Gasteiger partial charge < -0.3 is 20.3 Å². The largest absolute Gasteiger partial charge is 0.490 e. The molecule has 0 unspecified atom stereocenters. The Kier molecular flexibility index (Phi) is 6.36. The second kappa shape index (κ2) is 8.92. The van der Waals surface area contributed by atoms with E-state index >= 15 is 0 Å². The first-order chi connectivity index (χ1) is 12.6. The molecule has 0 atom stereocenters. The van der Waals surface area contributed by atoms with Gasteiger partial charge in [-0.15, -0.1) is 0 Å². The first-order valence-electron chi connectivity index (χ1n) is 8.83. The van der Waals surface area contributed by atoms with Gasteiger partial charge in [0.25, 0.3) is 0 Å². The summed E-state index contributed by atoms with van der Waals surface area (Å²) in [7, 11) is 2.14. The smallest absolute Gasteiger partial charge is 0.319 e. The van der Waals surface area contributed by atoms with Crippen LogP contribution in [0.5, 0.6) is 5.75 Å². The Morgan fingerprint density at radius 3 is 2.62 bits per heavy atom. The second-order valence-electron chi connectivity index (χ2n) is 6.58. The number of anilines is 1. The Morgan fingerprint density at radius 1 is 1.19 bits per heavy atom. The summed E-state index contributed by atoms with van der Waals surface area (Å²) in [5, 5.41) is 6.18. The summed E-state index contributed by atoms with van der Waals surface area (Å²) in [5.74, 6) is 0.881. The molecule has 2 aromatic carbocycles. The molecule has 0 radical (unpaired) electrons. The minimum Gasteiger partial charge on any atom is -0.490 e. The van der Waals surface area contributed by atoms with Gasteiger partial charge in [-0.3, -0.25) is 0 Å². The number of nitrogens with zero attached hydrogens (tertiary/aromatic N) is 1. The van der Waals surface area contributed by atoms with Crippen molar-refractivity contribution >= 4 is 23.3 Å². The quantitative estimate of drug-likeness (QED) is 0.828. The minimum atomic E-state index is -0.265. The lowest BCUT2D eigenvalue weighted by atomic mass is 10.1. The highest BCUT2D eigenvalue weighted by molar-refractivity contribution is 6.30. The van der Waals surface area contributed by atoms with Gasteiger partial charge in [-0.1, -0.05) is 29.8 Å². The fraction of sp³-hybridized carbons (Fsp3) is 0.350. The molecule has 26 heavy (non-hydrogen) atoms. The van der Waals surface area contributed by atoms with Gasteiger partial charge in [0.05, 0.1) is 0 Å². The average molecular weight is 374 g/mol. The van der Waals surface area contributed by atoms with Crippen molar-refractivity contribution in [2.24, 2.45) is 0 Å². The van der Waals surface area contributed by atoms with Crippen molar-refractivity contribution in [1.29, 1.82) is 0 Å². The number of amides is 2. The molecule has 1 aliphatic heterocycles. The van der Waals surface area contributed by atoms with Crippen LogP contribution in [0, 0.1) is 0 Å². The number of likely N-dealkylation sites (tertiary alicyclic amines) is 1. The van der Waals surface area contributed by atoms with E-state index in [9.17, 15) is 4.79 Å². The van der Waals surface area contributed by atoms with Gasteiger partial charge >= 0.3 is 6.03 Å². The third-order valence-electron chi connectivity index (χ3n) is 4.43. The third-order valence-corrected chi connectivity index (χ3v) is 4.66. The fourth-order valence-electron chi connectivity index (χ4n) is 2.90. The Balaban J connectivity index is 1.44. The number of piperidine rings is 1. The zero-order chi connectivity index (χ0) is 18.4. The zero-order valence-corrected chi connectivity index (χ0v) is 15.6. The van der Waals surface area contributed by atoms with Crippen LogP contribution in [0.2, 0.25) is 5.02 Å². The summed E-state index contributed by atoms with van der Waals surface area (Å²) in [6, 6.07) is 14.7. The van der Waals surface area contributed by atoms with E-state index in [1.165, 1.54) is 0 Å². The molecule has 1 saturated heterocycles. The second-order valence-corrected chi connectivity index (χ2v) is 7.02. The van der Waals surface area contributed by atoms with Crippen molar-refractivity contribution in [3.8, 4) is 5.75 Å². The summed E-state index contributed by atoms with van der Waals surface area (Å²) in [6.45, 7) is 2.60. The predicted molar refractivity (Wildman–Crippen MR) is 105 cm³/mol. The highest BCUT2D eigenvalue weighted by atomic mass is 35.5. The van der Waals surface area contributed by atoms with E-state index < -0.39 is 0 Å². The van der Waals surface area contributed by atoms with Crippen LogP contribution in [0.15, 0.2) is 48.5 Å². The Bertz CT molecular complexity index is 728. The van der Waals surface area contributed by atoms with Gasteiger partial charge in [-0.2, -0.15) is 0 Å². The van der Waals surface area contributed by atoms with E-state index in [0.29, 0.717) is 23.4 Å². The molecule has 1 heterocycles. The van der Waals surface area contributed by atoms with Crippen LogP contribution in [0.25, 0.3) is 0 Å². The number of carbonyl (C=O) groups excluding carboxylic acids is 1. The van der Waals surface area contributed by atoms with E-state index in [0.717, 1.165) is 37.2 Å². The highest BCUT2D eigenvalue weighted by Gasteiger charge is 2.17. The van der Waals surface area contributed by atoms with Crippen molar-refractivity contribution in [1.82, 2.24) is 10.2 Å². The van der Waals surface area contributed by atoms with Gasteiger partial charge in [0.15, 0.2) is 0 Å². The molecule has 138 valence electrons. The number of halogens is 1. The molecule has 1 fully saturated rings. The van der Waals surface area contributed by atoms with Crippen LogP contribution >= 0.6 is 11.6 Å². The molecule has 6 heteroatoms. The van der Waals surface area contributed by atoms with Gasteiger partial charge in [-0.05, 0) is 55.8 Å². The van der Waals surface area contributed by atoms with Crippen molar-refractivity contribution in [3.05, 3.63) is 59.1 Å². The first kappa shape index (κ1) is 18.5. The molecule has 1 aliphatic rings. The maximum Gasteiger partial charge on any atom is 0.319 e. The number of carbonyl (C=O) groups is 1. The molecule has 3 rings (SSSR count). The summed E-state index contributed by atoms with van der Waals surface area (Å²) in [6.07, 6.45) is 2.41. The van der Waals surface area contributed by atoms with E-state index in [-0.39, 0.29) is 6.03 Å². The molecular weight excluding hydrogens is 350 g/mol. The molecule has 2 aromatic rings. The number of nitrogens with one attached hydrogen (secondary N) is 2. The van der Waals surface area contributed by atoms with Crippen LogP contribution in [0.4, 0.5) is 10.5 Å². The van der Waals surface area contributed by atoms with Crippen LogP contribution in [-0.4, -0.2) is 37.2 Å². The van der Waals surface area contributed by atoms with Crippen molar-refractivity contribution in [2.45, 2.75) is 25.5 Å². The Morgan fingerprint density at radius 2 is 1.92 bits per heavy atom. The summed E-state index contributed by atoms with van der Waals surface area (Å²) < 4.78 is 6.04. The summed E-state index contributed by atoms with van der Waals surface area (Å²) >= 11 is 5.91. The SMILES string of the molecule is CN1CCC(Oc2ccc(CNC(=O)Nc3cccc(Cl)c3)cc2)CC1. The van der Waals surface area contributed by atoms with Crippen LogP contribution in [0.1, 0.15) is 18.4 Å².